The number of allylic oxidation sites excluding steroid dienone is 1. The van der Waals surface area contributed by atoms with Gasteiger partial charge in [0.1, 0.15) is 0 Å². The van der Waals surface area contributed by atoms with Gasteiger partial charge in [-0.3, -0.25) is 4.98 Å². The normalized spacial score (nSPS) is 10.7. The van der Waals surface area contributed by atoms with Gasteiger partial charge < -0.3 is 5.73 Å². The SMILES string of the molecule is C/C=C\c1ncc(C)cc1N. The molecule has 1 heterocycles. The number of hydrogen-bond acceptors (Lipinski definition) is 2. The summed E-state index contributed by atoms with van der Waals surface area (Å²) in [5.41, 5.74) is 8.37. The van der Waals surface area contributed by atoms with Crippen molar-refractivity contribution in [3.63, 3.8) is 0 Å². The minimum atomic E-state index is 0.739. The summed E-state index contributed by atoms with van der Waals surface area (Å²) in [5.74, 6) is 0. The fraction of sp³-hybridized carbons (Fsp3) is 0.222. The molecule has 0 amide bonds. The van der Waals surface area contributed by atoms with E-state index in [0.29, 0.717) is 0 Å². The molecule has 0 radical (unpaired) electrons. The van der Waals surface area contributed by atoms with E-state index in [0.717, 1.165) is 16.9 Å². The summed E-state index contributed by atoms with van der Waals surface area (Å²) in [5, 5.41) is 0. The van der Waals surface area contributed by atoms with Crippen LogP contribution < -0.4 is 5.73 Å². The molecule has 0 unspecified atom stereocenters. The van der Waals surface area contributed by atoms with Crippen molar-refractivity contribution < 1.29 is 0 Å². The van der Waals surface area contributed by atoms with Gasteiger partial charge in [-0.2, -0.15) is 0 Å². The van der Waals surface area contributed by atoms with E-state index in [9.17, 15) is 0 Å². The highest BCUT2D eigenvalue weighted by Crippen LogP contribution is 2.11. The second kappa shape index (κ2) is 3.19. The average molecular weight is 148 g/mol. The molecule has 0 fully saturated rings. The standard InChI is InChI=1S/C9H12N2/c1-3-4-9-8(10)5-7(2)6-11-9/h3-6H,10H2,1-2H3/b4-3-. The summed E-state index contributed by atoms with van der Waals surface area (Å²) in [6.07, 6.45) is 5.63. The van der Waals surface area contributed by atoms with Gasteiger partial charge in [0.25, 0.3) is 0 Å². The number of aryl methyl sites for hydroxylation is 1. The van der Waals surface area contributed by atoms with Crippen LogP contribution in [0.3, 0.4) is 0 Å². The Morgan fingerprint density at radius 2 is 2.27 bits per heavy atom. The number of rotatable bonds is 1. The maximum absolute atomic E-state index is 5.69. The van der Waals surface area contributed by atoms with Crippen LogP contribution in [0.2, 0.25) is 0 Å². The fourth-order valence-corrected chi connectivity index (χ4v) is 0.900. The van der Waals surface area contributed by atoms with Crippen LogP contribution in [0, 0.1) is 6.92 Å². The molecule has 0 aliphatic heterocycles. The maximum Gasteiger partial charge on any atom is 0.0855 e. The number of nitrogens with zero attached hydrogens (tertiary/aromatic N) is 1. The first-order chi connectivity index (χ1) is 5.24. The zero-order valence-corrected chi connectivity index (χ0v) is 6.83. The molecule has 0 bridgehead atoms. The Morgan fingerprint density at radius 1 is 1.55 bits per heavy atom. The Hall–Kier alpha value is -1.31. The predicted molar refractivity (Wildman–Crippen MR) is 48.1 cm³/mol. The van der Waals surface area contributed by atoms with Gasteiger partial charge in [0.15, 0.2) is 0 Å². The number of anilines is 1. The van der Waals surface area contributed by atoms with Crippen LogP contribution in [0.1, 0.15) is 18.2 Å². The van der Waals surface area contributed by atoms with E-state index < -0.39 is 0 Å². The van der Waals surface area contributed by atoms with Gasteiger partial charge in [-0.25, -0.2) is 0 Å². The lowest BCUT2D eigenvalue weighted by molar-refractivity contribution is 1.25. The predicted octanol–water partition coefficient (Wildman–Crippen LogP) is 2.01. The first-order valence-electron chi connectivity index (χ1n) is 3.59. The average Bonchev–Trinajstić information content (AvgIpc) is 1.95. The first kappa shape index (κ1) is 7.79. The van der Waals surface area contributed by atoms with Crippen LogP contribution in [0.5, 0.6) is 0 Å². The third kappa shape index (κ3) is 1.80. The van der Waals surface area contributed by atoms with Crippen LogP contribution in [-0.4, -0.2) is 4.98 Å². The molecule has 2 N–H and O–H groups in total. The van der Waals surface area contributed by atoms with Crippen LogP contribution in [0.15, 0.2) is 18.3 Å². The van der Waals surface area contributed by atoms with Crippen molar-refractivity contribution in [3.8, 4) is 0 Å². The van der Waals surface area contributed by atoms with Gasteiger partial charge in [-0.05, 0) is 31.6 Å². The molecule has 0 atom stereocenters. The molecule has 2 nitrogen and oxygen atoms in total. The molecule has 2 heteroatoms. The van der Waals surface area contributed by atoms with E-state index in [4.69, 9.17) is 5.73 Å². The van der Waals surface area contributed by atoms with Crippen molar-refractivity contribution in [2.45, 2.75) is 13.8 Å². The maximum atomic E-state index is 5.69. The Morgan fingerprint density at radius 3 is 2.82 bits per heavy atom. The lowest BCUT2D eigenvalue weighted by atomic mass is 10.2. The van der Waals surface area contributed by atoms with Crippen molar-refractivity contribution >= 4 is 11.8 Å². The Labute approximate surface area is 66.8 Å². The summed E-state index contributed by atoms with van der Waals surface area (Å²) in [7, 11) is 0. The number of aromatic nitrogens is 1. The fourth-order valence-electron chi connectivity index (χ4n) is 0.900. The van der Waals surface area contributed by atoms with Crippen molar-refractivity contribution in [2.75, 3.05) is 5.73 Å². The highest BCUT2D eigenvalue weighted by molar-refractivity contribution is 5.60. The third-order valence-electron chi connectivity index (χ3n) is 1.41. The molecule has 0 aromatic carbocycles. The number of pyridine rings is 1. The topological polar surface area (TPSA) is 38.9 Å². The quantitative estimate of drug-likeness (QED) is 0.661. The molecule has 1 aromatic heterocycles. The highest BCUT2D eigenvalue weighted by atomic mass is 14.7. The summed E-state index contributed by atoms with van der Waals surface area (Å²) in [4.78, 5) is 4.16. The third-order valence-corrected chi connectivity index (χ3v) is 1.41. The molecule has 0 aliphatic carbocycles. The van der Waals surface area contributed by atoms with Gasteiger partial charge in [0.2, 0.25) is 0 Å². The Balaban J connectivity index is 3.09. The molecule has 1 aromatic rings. The minimum Gasteiger partial charge on any atom is -0.397 e. The van der Waals surface area contributed by atoms with Crippen LogP contribution in [0.4, 0.5) is 5.69 Å². The van der Waals surface area contributed by atoms with E-state index in [1.54, 1.807) is 0 Å². The monoisotopic (exact) mass is 148 g/mol. The van der Waals surface area contributed by atoms with Gasteiger partial charge >= 0.3 is 0 Å². The van der Waals surface area contributed by atoms with E-state index in [1.165, 1.54) is 0 Å². The summed E-state index contributed by atoms with van der Waals surface area (Å²) < 4.78 is 0. The van der Waals surface area contributed by atoms with Crippen LogP contribution in [-0.2, 0) is 0 Å². The summed E-state index contributed by atoms with van der Waals surface area (Å²) in [6, 6.07) is 1.92. The molecule has 58 valence electrons. The second-order valence-electron chi connectivity index (χ2n) is 2.49. The molecule has 0 spiro atoms. The Bertz CT molecular complexity index is 277. The van der Waals surface area contributed by atoms with Crippen molar-refractivity contribution in [1.29, 1.82) is 0 Å². The second-order valence-corrected chi connectivity index (χ2v) is 2.49. The summed E-state index contributed by atoms with van der Waals surface area (Å²) >= 11 is 0. The number of nitrogen functional groups attached to an aromatic ring is 1. The zero-order valence-electron chi connectivity index (χ0n) is 6.83. The van der Waals surface area contributed by atoms with Crippen molar-refractivity contribution in [3.05, 3.63) is 29.6 Å². The van der Waals surface area contributed by atoms with Gasteiger partial charge in [0.05, 0.1) is 11.4 Å². The summed E-state index contributed by atoms with van der Waals surface area (Å²) in [6.45, 7) is 3.92. The van der Waals surface area contributed by atoms with Crippen LogP contribution in [0.25, 0.3) is 6.08 Å². The van der Waals surface area contributed by atoms with E-state index >= 15 is 0 Å². The van der Waals surface area contributed by atoms with Crippen LogP contribution >= 0.6 is 0 Å². The lowest BCUT2D eigenvalue weighted by Crippen LogP contribution is -1.92. The minimum absolute atomic E-state index is 0.739. The van der Waals surface area contributed by atoms with Gasteiger partial charge in [-0.1, -0.05) is 6.08 Å². The van der Waals surface area contributed by atoms with Crippen molar-refractivity contribution in [1.82, 2.24) is 4.98 Å². The zero-order chi connectivity index (χ0) is 8.27. The molecular formula is C9H12N2. The molecule has 0 saturated heterocycles. The van der Waals surface area contributed by atoms with Gasteiger partial charge in [0, 0.05) is 6.20 Å². The Kier molecular flexibility index (Phi) is 2.26. The highest BCUT2D eigenvalue weighted by Gasteiger charge is 1.94. The van der Waals surface area contributed by atoms with E-state index in [-0.39, 0.29) is 0 Å². The lowest BCUT2D eigenvalue weighted by Gasteiger charge is -1.99. The molecule has 0 aliphatic rings. The van der Waals surface area contributed by atoms with E-state index in [2.05, 4.69) is 4.98 Å². The molecular weight excluding hydrogens is 136 g/mol. The largest absolute Gasteiger partial charge is 0.397 e. The first-order valence-corrected chi connectivity index (χ1v) is 3.59. The molecule has 1 rings (SSSR count). The molecule has 11 heavy (non-hydrogen) atoms. The molecule has 0 saturated carbocycles. The smallest absolute Gasteiger partial charge is 0.0855 e. The van der Waals surface area contributed by atoms with E-state index in [1.807, 2.05) is 38.3 Å². The van der Waals surface area contributed by atoms with Gasteiger partial charge in [-0.15, -0.1) is 0 Å². The number of hydrogen-bond donors (Lipinski definition) is 1. The van der Waals surface area contributed by atoms with Crippen molar-refractivity contribution in [2.24, 2.45) is 0 Å². The number of nitrogens with two attached hydrogens (primary N) is 1.